The first-order valence-electron chi connectivity index (χ1n) is 9.06. The summed E-state index contributed by atoms with van der Waals surface area (Å²) in [6, 6.07) is 15.2. The number of hydrogen-bond donors (Lipinski definition) is 1. The van der Waals surface area contributed by atoms with Crippen molar-refractivity contribution >= 4 is 11.7 Å². The van der Waals surface area contributed by atoms with Crippen LogP contribution >= 0.6 is 0 Å². The highest BCUT2D eigenvalue weighted by atomic mass is 16.5. The van der Waals surface area contributed by atoms with E-state index in [0.717, 1.165) is 5.56 Å². The number of carbonyl (C=O) groups is 2. The van der Waals surface area contributed by atoms with Gasteiger partial charge < -0.3 is 15.0 Å². The third-order valence-corrected chi connectivity index (χ3v) is 4.48. The predicted octanol–water partition coefficient (Wildman–Crippen LogP) is 3.38. The molecule has 0 radical (unpaired) electrons. The SMILES string of the molecule is CC(=O)c1cccc(OC(C)C(=O)NCC(c2ccc(C)cc2)N(C)C)c1. The zero-order valence-electron chi connectivity index (χ0n) is 16.7. The fraction of sp³-hybridized carbons (Fsp3) is 0.364. The number of hydrogen-bond acceptors (Lipinski definition) is 4. The maximum absolute atomic E-state index is 12.5. The number of nitrogens with zero attached hydrogens (tertiary/aromatic N) is 1. The first kappa shape index (κ1) is 20.6. The van der Waals surface area contributed by atoms with E-state index in [0.29, 0.717) is 17.9 Å². The highest BCUT2D eigenvalue weighted by Crippen LogP contribution is 2.19. The van der Waals surface area contributed by atoms with E-state index in [-0.39, 0.29) is 17.7 Å². The van der Waals surface area contributed by atoms with Gasteiger partial charge in [-0.25, -0.2) is 0 Å². The smallest absolute Gasteiger partial charge is 0.260 e. The average Bonchev–Trinajstić information content (AvgIpc) is 2.63. The molecule has 0 aliphatic rings. The summed E-state index contributed by atoms with van der Waals surface area (Å²) in [6.45, 7) is 5.74. The van der Waals surface area contributed by atoms with Gasteiger partial charge in [0, 0.05) is 12.1 Å². The van der Waals surface area contributed by atoms with Gasteiger partial charge in [0.25, 0.3) is 5.91 Å². The minimum atomic E-state index is -0.659. The molecule has 0 bridgehead atoms. The van der Waals surface area contributed by atoms with E-state index in [1.807, 2.05) is 14.1 Å². The largest absolute Gasteiger partial charge is 0.481 e. The molecule has 2 rings (SSSR count). The van der Waals surface area contributed by atoms with E-state index < -0.39 is 6.10 Å². The van der Waals surface area contributed by atoms with E-state index in [9.17, 15) is 9.59 Å². The van der Waals surface area contributed by atoms with Crippen LogP contribution in [-0.2, 0) is 4.79 Å². The van der Waals surface area contributed by atoms with Crippen LogP contribution in [0.25, 0.3) is 0 Å². The Morgan fingerprint density at radius 2 is 1.78 bits per heavy atom. The number of rotatable bonds is 8. The number of benzene rings is 2. The molecule has 144 valence electrons. The van der Waals surface area contributed by atoms with Crippen LogP contribution in [0.3, 0.4) is 0 Å². The van der Waals surface area contributed by atoms with Crippen molar-refractivity contribution in [2.45, 2.75) is 32.9 Å². The Balaban J connectivity index is 1.97. The number of carbonyl (C=O) groups excluding carboxylic acids is 2. The van der Waals surface area contributed by atoms with Gasteiger partial charge >= 0.3 is 0 Å². The summed E-state index contributed by atoms with van der Waals surface area (Å²) in [4.78, 5) is 26.0. The second-order valence-electron chi connectivity index (χ2n) is 6.98. The Morgan fingerprint density at radius 3 is 2.37 bits per heavy atom. The first-order chi connectivity index (χ1) is 12.8. The lowest BCUT2D eigenvalue weighted by molar-refractivity contribution is -0.127. The monoisotopic (exact) mass is 368 g/mol. The fourth-order valence-electron chi connectivity index (χ4n) is 2.77. The van der Waals surface area contributed by atoms with Gasteiger partial charge in [0.2, 0.25) is 0 Å². The average molecular weight is 368 g/mol. The maximum atomic E-state index is 12.5. The third kappa shape index (κ3) is 5.93. The molecule has 2 aromatic carbocycles. The van der Waals surface area contributed by atoms with Gasteiger partial charge in [0.1, 0.15) is 5.75 Å². The van der Waals surface area contributed by atoms with Crippen LogP contribution in [-0.4, -0.2) is 43.3 Å². The number of likely N-dealkylation sites (N-methyl/N-ethyl adjacent to an activating group) is 1. The molecule has 0 fully saturated rings. The van der Waals surface area contributed by atoms with Crippen LogP contribution in [0, 0.1) is 6.92 Å². The summed E-state index contributed by atoms with van der Waals surface area (Å²) in [5.41, 5.74) is 2.91. The van der Waals surface area contributed by atoms with Crippen LogP contribution in [0.2, 0.25) is 0 Å². The predicted molar refractivity (Wildman–Crippen MR) is 107 cm³/mol. The number of ketones is 1. The standard InChI is InChI=1S/C22H28N2O3/c1-15-9-11-18(12-10-15)21(24(4)5)14-23-22(26)17(3)27-20-8-6-7-19(13-20)16(2)25/h6-13,17,21H,14H2,1-5H3,(H,23,26). The van der Waals surface area contributed by atoms with Crippen molar-refractivity contribution in [1.82, 2.24) is 10.2 Å². The number of Topliss-reactive ketones (excluding diaryl/α,β-unsaturated/α-hetero) is 1. The normalized spacial score (nSPS) is 13.1. The van der Waals surface area contributed by atoms with Crippen LogP contribution in [0.15, 0.2) is 48.5 Å². The molecule has 2 atom stereocenters. The molecule has 2 aromatic rings. The lowest BCUT2D eigenvalue weighted by atomic mass is 10.0. The van der Waals surface area contributed by atoms with Gasteiger partial charge in [0.15, 0.2) is 11.9 Å². The Hall–Kier alpha value is -2.66. The Bertz CT molecular complexity index is 784. The number of ether oxygens (including phenoxy) is 1. The van der Waals surface area contributed by atoms with Crippen LogP contribution in [0.5, 0.6) is 5.75 Å². The molecule has 0 aliphatic heterocycles. The Kier molecular flexibility index (Phi) is 7.13. The van der Waals surface area contributed by atoms with Gasteiger partial charge in [-0.1, -0.05) is 42.0 Å². The molecule has 0 spiro atoms. The molecule has 2 unspecified atom stereocenters. The van der Waals surface area contributed by atoms with Crippen molar-refractivity contribution < 1.29 is 14.3 Å². The zero-order valence-corrected chi connectivity index (χ0v) is 16.7. The maximum Gasteiger partial charge on any atom is 0.260 e. The lowest BCUT2D eigenvalue weighted by Gasteiger charge is -2.26. The first-order valence-corrected chi connectivity index (χ1v) is 9.06. The molecular formula is C22H28N2O3. The summed E-state index contributed by atoms with van der Waals surface area (Å²) < 4.78 is 5.70. The lowest BCUT2D eigenvalue weighted by Crippen LogP contribution is -2.41. The van der Waals surface area contributed by atoms with E-state index in [1.165, 1.54) is 12.5 Å². The van der Waals surface area contributed by atoms with E-state index in [2.05, 4.69) is 41.4 Å². The highest BCUT2D eigenvalue weighted by molar-refractivity contribution is 5.94. The van der Waals surface area contributed by atoms with E-state index >= 15 is 0 Å². The quantitative estimate of drug-likeness (QED) is 0.726. The summed E-state index contributed by atoms with van der Waals surface area (Å²) in [5.74, 6) is 0.278. The van der Waals surface area contributed by atoms with Crippen molar-refractivity contribution in [3.05, 3.63) is 65.2 Å². The van der Waals surface area contributed by atoms with Crippen LogP contribution in [0.4, 0.5) is 0 Å². The van der Waals surface area contributed by atoms with Crippen molar-refractivity contribution in [2.75, 3.05) is 20.6 Å². The van der Waals surface area contributed by atoms with Crippen LogP contribution in [0.1, 0.15) is 41.4 Å². The summed E-state index contributed by atoms with van der Waals surface area (Å²) in [7, 11) is 3.98. The molecule has 27 heavy (non-hydrogen) atoms. The number of amides is 1. The van der Waals surface area contributed by atoms with Gasteiger partial charge in [-0.05, 0) is 52.6 Å². The highest BCUT2D eigenvalue weighted by Gasteiger charge is 2.19. The van der Waals surface area contributed by atoms with Gasteiger partial charge in [0.05, 0.1) is 6.04 Å². The molecule has 1 amide bonds. The van der Waals surface area contributed by atoms with E-state index in [1.54, 1.807) is 31.2 Å². The summed E-state index contributed by atoms with van der Waals surface area (Å²) in [6.07, 6.45) is -0.659. The topological polar surface area (TPSA) is 58.6 Å². The van der Waals surface area contributed by atoms with Gasteiger partial charge in [-0.15, -0.1) is 0 Å². The van der Waals surface area contributed by atoms with Crippen molar-refractivity contribution in [2.24, 2.45) is 0 Å². The third-order valence-electron chi connectivity index (χ3n) is 4.48. The molecule has 5 nitrogen and oxygen atoms in total. The van der Waals surface area contributed by atoms with Crippen molar-refractivity contribution in [1.29, 1.82) is 0 Å². The molecule has 0 heterocycles. The van der Waals surface area contributed by atoms with E-state index in [4.69, 9.17) is 4.74 Å². The Morgan fingerprint density at radius 1 is 1.11 bits per heavy atom. The van der Waals surface area contributed by atoms with Gasteiger partial charge in [-0.3, -0.25) is 9.59 Å². The molecule has 0 aromatic heterocycles. The molecule has 1 N–H and O–H groups in total. The number of aryl methyl sites for hydroxylation is 1. The van der Waals surface area contributed by atoms with Crippen molar-refractivity contribution in [3.63, 3.8) is 0 Å². The molecule has 0 aliphatic carbocycles. The Labute approximate surface area is 161 Å². The van der Waals surface area contributed by atoms with Gasteiger partial charge in [-0.2, -0.15) is 0 Å². The molecular weight excluding hydrogens is 340 g/mol. The molecule has 0 saturated heterocycles. The minimum Gasteiger partial charge on any atom is -0.481 e. The molecule has 0 saturated carbocycles. The summed E-state index contributed by atoms with van der Waals surface area (Å²) in [5, 5.41) is 2.96. The second kappa shape index (κ2) is 9.33. The summed E-state index contributed by atoms with van der Waals surface area (Å²) >= 11 is 0. The van der Waals surface area contributed by atoms with Crippen LogP contribution < -0.4 is 10.1 Å². The second-order valence-corrected chi connectivity index (χ2v) is 6.98. The molecule has 5 heteroatoms. The fourth-order valence-corrected chi connectivity index (χ4v) is 2.77. The van der Waals surface area contributed by atoms with Crippen molar-refractivity contribution in [3.8, 4) is 5.75 Å². The minimum absolute atomic E-state index is 0.0375. The zero-order chi connectivity index (χ0) is 20.0. The number of nitrogens with one attached hydrogen (secondary N) is 1.